The van der Waals surface area contributed by atoms with E-state index in [1.54, 1.807) is 37.6 Å². The summed E-state index contributed by atoms with van der Waals surface area (Å²) >= 11 is 1.48. The molecule has 1 fully saturated rings. The molecule has 0 aliphatic carbocycles. The van der Waals surface area contributed by atoms with Crippen molar-refractivity contribution in [1.29, 1.82) is 0 Å². The summed E-state index contributed by atoms with van der Waals surface area (Å²) in [5.74, 6) is 1.11. The smallest absolute Gasteiger partial charge is 0.256 e. The third-order valence-corrected chi connectivity index (χ3v) is 6.01. The monoisotopic (exact) mass is 429 g/mol. The normalized spacial score (nSPS) is 14.3. The number of amides is 2. The van der Waals surface area contributed by atoms with Gasteiger partial charge in [-0.3, -0.25) is 9.59 Å². The second kappa shape index (κ2) is 10.3. The van der Waals surface area contributed by atoms with Crippen molar-refractivity contribution in [2.45, 2.75) is 17.9 Å². The van der Waals surface area contributed by atoms with Crippen LogP contribution in [0.25, 0.3) is 0 Å². The highest BCUT2D eigenvalue weighted by Gasteiger charge is 2.26. The standard InChI is InChI=1S/C22H27N3O4S/c1-28-18-8-4-6-16(19(18)29-2)20(26)24-14-15-9-12-25(13-10-15)22(27)17-7-5-11-23-21(17)30-3/h4-8,11,15H,9-10,12-14H2,1-3H3,(H,24,26). The topological polar surface area (TPSA) is 80.8 Å². The average Bonchev–Trinajstić information content (AvgIpc) is 2.81. The van der Waals surface area contributed by atoms with Gasteiger partial charge >= 0.3 is 0 Å². The lowest BCUT2D eigenvalue weighted by atomic mass is 9.96. The minimum absolute atomic E-state index is 0.0241. The lowest BCUT2D eigenvalue weighted by molar-refractivity contribution is 0.0680. The summed E-state index contributed by atoms with van der Waals surface area (Å²) in [6, 6.07) is 8.86. The van der Waals surface area contributed by atoms with Crippen LogP contribution >= 0.6 is 11.8 Å². The SMILES string of the molecule is COc1cccc(C(=O)NCC2CCN(C(=O)c3cccnc3SC)CC2)c1OC. The zero-order chi connectivity index (χ0) is 21.5. The van der Waals surface area contributed by atoms with Crippen molar-refractivity contribution in [3.63, 3.8) is 0 Å². The van der Waals surface area contributed by atoms with Gasteiger partial charge in [0.05, 0.1) is 25.3 Å². The highest BCUT2D eigenvalue weighted by atomic mass is 32.2. The minimum Gasteiger partial charge on any atom is -0.493 e. The number of para-hydroxylation sites is 1. The Kier molecular flexibility index (Phi) is 7.57. The average molecular weight is 430 g/mol. The molecule has 3 rings (SSSR count). The quantitative estimate of drug-likeness (QED) is 0.681. The van der Waals surface area contributed by atoms with Crippen molar-refractivity contribution in [1.82, 2.24) is 15.2 Å². The van der Waals surface area contributed by atoms with Gasteiger partial charge in [-0.2, -0.15) is 0 Å². The molecule has 0 bridgehead atoms. The molecular weight excluding hydrogens is 402 g/mol. The van der Waals surface area contributed by atoms with E-state index in [0.717, 1.165) is 17.9 Å². The fraction of sp³-hybridized carbons (Fsp3) is 0.409. The summed E-state index contributed by atoms with van der Waals surface area (Å²) in [6.07, 6.45) is 5.31. The lowest BCUT2D eigenvalue weighted by Gasteiger charge is -2.32. The minimum atomic E-state index is -0.191. The van der Waals surface area contributed by atoms with Gasteiger partial charge in [0, 0.05) is 25.8 Å². The molecule has 0 unspecified atom stereocenters. The van der Waals surface area contributed by atoms with Gasteiger partial charge in [0.15, 0.2) is 11.5 Å². The largest absolute Gasteiger partial charge is 0.493 e. The van der Waals surface area contributed by atoms with Crippen molar-refractivity contribution in [2.75, 3.05) is 40.1 Å². The molecule has 0 spiro atoms. The van der Waals surface area contributed by atoms with Gasteiger partial charge in [0.25, 0.3) is 11.8 Å². The molecule has 2 heterocycles. The Hall–Kier alpha value is -2.74. The molecular formula is C22H27N3O4S. The molecule has 30 heavy (non-hydrogen) atoms. The third kappa shape index (κ3) is 4.87. The molecule has 160 valence electrons. The molecule has 0 radical (unpaired) electrons. The maximum atomic E-state index is 12.8. The zero-order valence-electron chi connectivity index (χ0n) is 17.5. The fourth-order valence-corrected chi connectivity index (χ4v) is 4.17. The van der Waals surface area contributed by atoms with Gasteiger partial charge in [-0.05, 0) is 49.3 Å². The molecule has 7 nitrogen and oxygen atoms in total. The van der Waals surface area contributed by atoms with Gasteiger partial charge in [-0.25, -0.2) is 4.98 Å². The van der Waals surface area contributed by atoms with E-state index in [1.807, 2.05) is 17.2 Å². The number of thioether (sulfide) groups is 1. The number of ether oxygens (including phenoxy) is 2. The number of rotatable bonds is 7. The Bertz CT molecular complexity index is 898. The molecule has 2 amide bonds. The van der Waals surface area contributed by atoms with E-state index in [0.29, 0.717) is 48.2 Å². The van der Waals surface area contributed by atoms with Crippen LogP contribution in [0.1, 0.15) is 33.6 Å². The Morgan fingerprint density at radius 1 is 1.13 bits per heavy atom. The van der Waals surface area contributed by atoms with Crippen molar-refractivity contribution < 1.29 is 19.1 Å². The first-order chi connectivity index (χ1) is 14.6. The van der Waals surface area contributed by atoms with Gasteiger partial charge in [0.2, 0.25) is 0 Å². The maximum Gasteiger partial charge on any atom is 0.256 e. The number of carbonyl (C=O) groups is 2. The highest BCUT2D eigenvalue weighted by Crippen LogP contribution is 2.30. The predicted molar refractivity (Wildman–Crippen MR) is 117 cm³/mol. The van der Waals surface area contributed by atoms with Crippen molar-refractivity contribution in [3.05, 3.63) is 47.7 Å². The number of aromatic nitrogens is 1. The number of nitrogens with one attached hydrogen (secondary N) is 1. The van der Waals surface area contributed by atoms with Crippen LogP contribution in [0, 0.1) is 5.92 Å². The maximum absolute atomic E-state index is 12.8. The van der Waals surface area contributed by atoms with Crippen molar-refractivity contribution in [2.24, 2.45) is 5.92 Å². The summed E-state index contributed by atoms with van der Waals surface area (Å²) < 4.78 is 10.6. The first-order valence-electron chi connectivity index (χ1n) is 9.86. The first-order valence-corrected chi connectivity index (χ1v) is 11.1. The number of likely N-dealkylation sites (tertiary alicyclic amines) is 1. The van der Waals surface area contributed by atoms with E-state index in [2.05, 4.69) is 10.3 Å². The molecule has 0 atom stereocenters. The van der Waals surface area contributed by atoms with E-state index in [-0.39, 0.29) is 11.8 Å². The Morgan fingerprint density at radius 2 is 1.87 bits per heavy atom. The summed E-state index contributed by atoms with van der Waals surface area (Å²) in [7, 11) is 3.06. The van der Waals surface area contributed by atoms with Crippen LogP contribution in [-0.4, -0.2) is 61.8 Å². The number of benzene rings is 1. The number of methoxy groups -OCH3 is 2. The summed E-state index contributed by atoms with van der Waals surface area (Å²) in [4.78, 5) is 31.6. The van der Waals surface area contributed by atoms with Gasteiger partial charge in [0.1, 0.15) is 5.03 Å². The molecule has 1 aliphatic rings. The Labute approximate surface area is 181 Å². The van der Waals surface area contributed by atoms with Crippen LogP contribution in [0.15, 0.2) is 41.6 Å². The summed E-state index contributed by atoms with van der Waals surface area (Å²) in [6.45, 7) is 1.90. The molecule has 1 N–H and O–H groups in total. The van der Waals surface area contributed by atoms with E-state index in [1.165, 1.54) is 18.9 Å². The molecule has 1 aliphatic heterocycles. The van der Waals surface area contributed by atoms with E-state index in [4.69, 9.17) is 9.47 Å². The zero-order valence-corrected chi connectivity index (χ0v) is 18.3. The molecule has 0 saturated carbocycles. The van der Waals surface area contributed by atoms with Crippen LogP contribution in [0.5, 0.6) is 11.5 Å². The van der Waals surface area contributed by atoms with Crippen LogP contribution < -0.4 is 14.8 Å². The number of piperidine rings is 1. The number of pyridine rings is 1. The summed E-state index contributed by atoms with van der Waals surface area (Å²) in [5.41, 5.74) is 1.10. The van der Waals surface area contributed by atoms with E-state index in [9.17, 15) is 9.59 Å². The number of hydrogen-bond donors (Lipinski definition) is 1. The van der Waals surface area contributed by atoms with Gasteiger partial charge < -0.3 is 19.7 Å². The van der Waals surface area contributed by atoms with Crippen LogP contribution in [-0.2, 0) is 0 Å². The number of hydrogen-bond acceptors (Lipinski definition) is 6. The predicted octanol–water partition coefficient (Wildman–Crippen LogP) is 3.10. The molecule has 8 heteroatoms. The van der Waals surface area contributed by atoms with Crippen LogP contribution in [0.3, 0.4) is 0 Å². The first kappa shape index (κ1) is 22.0. The van der Waals surface area contributed by atoms with Crippen molar-refractivity contribution >= 4 is 23.6 Å². The van der Waals surface area contributed by atoms with Gasteiger partial charge in [-0.1, -0.05) is 6.07 Å². The third-order valence-electron chi connectivity index (χ3n) is 5.30. The van der Waals surface area contributed by atoms with E-state index >= 15 is 0 Å². The molecule has 2 aromatic rings. The summed E-state index contributed by atoms with van der Waals surface area (Å²) in [5, 5.41) is 3.75. The fourth-order valence-electron chi connectivity index (χ4n) is 3.62. The second-order valence-corrected chi connectivity index (χ2v) is 7.84. The van der Waals surface area contributed by atoms with Crippen LogP contribution in [0.4, 0.5) is 0 Å². The van der Waals surface area contributed by atoms with E-state index < -0.39 is 0 Å². The van der Waals surface area contributed by atoms with Gasteiger partial charge in [-0.15, -0.1) is 11.8 Å². The Balaban J connectivity index is 1.54. The number of carbonyl (C=O) groups excluding carboxylic acids is 2. The Morgan fingerprint density at radius 3 is 2.53 bits per heavy atom. The van der Waals surface area contributed by atoms with Crippen molar-refractivity contribution in [3.8, 4) is 11.5 Å². The highest BCUT2D eigenvalue weighted by molar-refractivity contribution is 7.98. The molecule has 1 saturated heterocycles. The molecule has 1 aromatic carbocycles. The lowest BCUT2D eigenvalue weighted by Crippen LogP contribution is -2.41. The second-order valence-electron chi connectivity index (χ2n) is 7.05. The molecule has 1 aromatic heterocycles. The number of nitrogens with zero attached hydrogens (tertiary/aromatic N) is 2. The van der Waals surface area contributed by atoms with Crippen LogP contribution in [0.2, 0.25) is 0 Å².